The molecule has 2 aromatic rings. The Morgan fingerprint density at radius 1 is 1.00 bits per heavy atom. The first-order valence-electron chi connectivity index (χ1n) is 9.02. The largest absolute Gasteiger partial charge is 0.491 e. The lowest BCUT2D eigenvalue weighted by Gasteiger charge is -2.22. The maximum Gasteiger partial charge on any atom is 0.254 e. The molecule has 0 saturated heterocycles. The van der Waals surface area contributed by atoms with Crippen LogP contribution in [0.3, 0.4) is 0 Å². The molecule has 2 N–H and O–H groups in total. The molecule has 0 saturated carbocycles. The van der Waals surface area contributed by atoms with Gasteiger partial charge in [-0.25, -0.2) is 0 Å². The van der Waals surface area contributed by atoms with Gasteiger partial charge < -0.3 is 20.1 Å². The topological polar surface area (TPSA) is 81.9 Å². The molecule has 0 atom stereocenters. The monoisotopic (exact) mass is 370 g/mol. The Kier molecular flexibility index (Phi) is 8.32. The van der Waals surface area contributed by atoms with Crippen molar-refractivity contribution in [3.63, 3.8) is 0 Å². The van der Waals surface area contributed by atoms with E-state index in [1.165, 1.54) is 0 Å². The van der Waals surface area contributed by atoms with Crippen LogP contribution < -0.4 is 10.5 Å². The summed E-state index contributed by atoms with van der Waals surface area (Å²) in [4.78, 5) is 25.7. The lowest BCUT2D eigenvalue weighted by molar-refractivity contribution is -0.118. The highest BCUT2D eigenvalue weighted by Crippen LogP contribution is 2.15. The maximum atomic E-state index is 12.9. The third-order valence-electron chi connectivity index (χ3n) is 3.93. The van der Waals surface area contributed by atoms with Crippen LogP contribution >= 0.6 is 0 Å². The molecule has 0 radical (unpaired) electrons. The molecule has 144 valence electrons. The fourth-order valence-electron chi connectivity index (χ4n) is 2.54. The standard InChI is InChI=1S/C21H26N2O4/c1-2-26-14-15-27-19-10-8-18(9-11-19)21(25)23(13-12-20(22)24)16-17-6-4-3-5-7-17/h3-11H,2,12-16H2,1H3,(H2,22,24). The molecular weight excluding hydrogens is 344 g/mol. The number of benzene rings is 2. The van der Waals surface area contributed by atoms with Crippen molar-refractivity contribution < 1.29 is 19.1 Å². The summed E-state index contributed by atoms with van der Waals surface area (Å²) in [5.74, 6) is 0.0953. The van der Waals surface area contributed by atoms with Crippen LogP contribution in [0.15, 0.2) is 54.6 Å². The molecule has 0 bridgehead atoms. The van der Waals surface area contributed by atoms with Gasteiger partial charge in [0.25, 0.3) is 5.91 Å². The normalized spacial score (nSPS) is 10.4. The van der Waals surface area contributed by atoms with Crippen molar-refractivity contribution in [1.82, 2.24) is 4.90 Å². The predicted octanol–water partition coefficient (Wildman–Crippen LogP) is 2.62. The number of hydrogen-bond donors (Lipinski definition) is 1. The Balaban J connectivity index is 2.03. The second-order valence-corrected chi connectivity index (χ2v) is 6.00. The van der Waals surface area contributed by atoms with Crippen molar-refractivity contribution >= 4 is 11.8 Å². The summed E-state index contributed by atoms with van der Waals surface area (Å²) in [5.41, 5.74) is 6.78. The first-order chi connectivity index (χ1) is 13.1. The Bertz CT molecular complexity index is 717. The van der Waals surface area contributed by atoms with Crippen LogP contribution in [0.25, 0.3) is 0 Å². The average Bonchev–Trinajstić information content (AvgIpc) is 2.69. The summed E-state index contributed by atoms with van der Waals surface area (Å²) in [6, 6.07) is 16.6. The van der Waals surface area contributed by atoms with Crippen molar-refractivity contribution in [2.75, 3.05) is 26.4 Å². The lowest BCUT2D eigenvalue weighted by Crippen LogP contribution is -2.33. The van der Waals surface area contributed by atoms with Crippen LogP contribution in [0.1, 0.15) is 29.3 Å². The molecule has 2 aromatic carbocycles. The van der Waals surface area contributed by atoms with Crippen molar-refractivity contribution in [2.45, 2.75) is 19.9 Å². The van der Waals surface area contributed by atoms with E-state index < -0.39 is 5.91 Å². The molecule has 0 aromatic heterocycles. The summed E-state index contributed by atoms with van der Waals surface area (Å²) in [6.07, 6.45) is 0.122. The molecule has 0 unspecified atom stereocenters. The second kappa shape index (κ2) is 11.0. The highest BCUT2D eigenvalue weighted by Gasteiger charge is 2.17. The minimum Gasteiger partial charge on any atom is -0.491 e. The van der Waals surface area contributed by atoms with E-state index in [2.05, 4.69) is 0 Å². The predicted molar refractivity (Wildman–Crippen MR) is 103 cm³/mol. The third kappa shape index (κ3) is 7.11. The number of amides is 2. The zero-order chi connectivity index (χ0) is 19.5. The Morgan fingerprint density at radius 2 is 1.70 bits per heavy atom. The lowest BCUT2D eigenvalue weighted by atomic mass is 10.1. The van der Waals surface area contributed by atoms with E-state index in [9.17, 15) is 9.59 Å². The number of hydrogen-bond acceptors (Lipinski definition) is 4. The second-order valence-electron chi connectivity index (χ2n) is 6.00. The highest BCUT2D eigenvalue weighted by molar-refractivity contribution is 5.94. The highest BCUT2D eigenvalue weighted by atomic mass is 16.5. The summed E-state index contributed by atoms with van der Waals surface area (Å²) in [6.45, 7) is 4.25. The molecule has 0 aliphatic carbocycles. The van der Waals surface area contributed by atoms with Gasteiger partial charge >= 0.3 is 0 Å². The molecule has 0 spiro atoms. The molecule has 0 fully saturated rings. The number of primary amides is 1. The smallest absolute Gasteiger partial charge is 0.254 e. The SMILES string of the molecule is CCOCCOc1ccc(C(=O)N(CCC(N)=O)Cc2ccccc2)cc1. The fourth-order valence-corrected chi connectivity index (χ4v) is 2.54. The van der Waals surface area contributed by atoms with Gasteiger partial charge in [0, 0.05) is 31.7 Å². The zero-order valence-corrected chi connectivity index (χ0v) is 15.6. The number of carbonyl (C=O) groups is 2. The van der Waals surface area contributed by atoms with Gasteiger partial charge in [-0.3, -0.25) is 9.59 Å². The molecule has 27 heavy (non-hydrogen) atoms. The molecule has 0 heterocycles. The Hall–Kier alpha value is -2.86. The number of carbonyl (C=O) groups excluding carboxylic acids is 2. The zero-order valence-electron chi connectivity index (χ0n) is 15.6. The quantitative estimate of drug-likeness (QED) is 0.617. The summed E-state index contributed by atoms with van der Waals surface area (Å²) < 4.78 is 10.8. The molecule has 6 heteroatoms. The van der Waals surface area contributed by atoms with Crippen molar-refractivity contribution in [3.8, 4) is 5.75 Å². The summed E-state index contributed by atoms with van der Waals surface area (Å²) in [5, 5.41) is 0. The van der Waals surface area contributed by atoms with E-state index in [0.717, 1.165) is 5.56 Å². The minimum absolute atomic E-state index is 0.122. The van der Waals surface area contributed by atoms with E-state index in [-0.39, 0.29) is 18.9 Å². The number of nitrogens with zero attached hydrogens (tertiary/aromatic N) is 1. The van der Waals surface area contributed by atoms with E-state index in [1.54, 1.807) is 29.2 Å². The van der Waals surface area contributed by atoms with Crippen molar-refractivity contribution in [3.05, 3.63) is 65.7 Å². The third-order valence-corrected chi connectivity index (χ3v) is 3.93. The van der Waals surface area contributed by atoms with Gasteiger partial charge in [0.1, 0.15) is 12.4 Å². The maximum absolute atomic E-state index is 12.9. The van der Waals surface area contributed by atoms with Crippen LogP contribution in [-0.4, -0.2) is 43.1 Å². The number of ether oxygens (including phenoxy) is 2. The molecule has 2 rings (SSSR count). The fraction of sp³-hybridized carbons (Fsp3) is 0.333. The Labute approximate surface area is 159 Å². The van der Waals surface area contributed by atoms with Crippen molar-refractivity contribution in [2.24, 2.45) is 5.73 Å². The summed E-state index contributed by atoms with van der Waals surface area (Å²) >= 11 is 0. The average molecular weight is 370 g/mol. The first-order valence-corrected chi connectivity index (χ1v) is 9.02. The van der Waals surface area contributed by atoms with Gasteiger partial charge in [0.15, 0.2) is 0 Å². The van der Waals surface area contributed by atoms with Crippen LogP contribution in [0.2, 0.25) is 0 Å². The van der Waals surface area contributed by atoms with Crippen LogP contribution in [0.5, 0.6) is 5.75 Å². The van der Waals surface area contributed by atoms with Gasteiger partial charge in [-0.05, 0) is 36.8 Å². The Morgan fingerprint density at radius 3 is 2.33 bits per heavy atom. The van der Waals surface area contributed by atoms with E-state index in [4.69, 9.17) is 15.2 Å². The molecule has 6 nitrogen and oxygen atoms in total. The molecule has 0 aliphatic heterocycles. The van der Waals surface area contributed by atoms with E-state index >= 15 is 0 Å². The van der Waals surface area contributed by atoms with Gasteiger partial charge in [-0.15, -0.1) is 0 Å². The summed E-state index contributed by atoms with van der Waals surface area (Å²) in [7, 11) is 0. The van der Waals surface area contributed by atoms with Crippen LogP contribution in [-0.2, 0) is 16.1 Å². The van der Waals surface area contributed by atoms with Gasteiger partial charge in [-0.1, -0.05) is 30.3 Å². The van der Waals surface area contributed by atoms with Crippen LogP contribution in [0.4, 0.5) is 0 Å². The van der Waals surface area contributed by atoms with Gasteiger partial charge in [0.2, 0.25) is 5.91 Å². The van der Waals surface area contributed by atoms with Crippen molar-refractivity contribution in [1.29, 1.82) is 0 Å². The van der Waals surface area contributed by atoms with E-state index in [0.29, 0.717) is 37.7 Å². The number of rotatable bonds is 11. The number of nitrogens with two attached hydrogens (primary N) is 1. The molecule has 2 amide bonds. The molecular formula is C21H26N2O4. The van der Waals surface area contributed by atoms with Gasteiger partial charge in [-0.2, -0.15) is 0 Å². The minimum atomic E-state index is -0.432. The van der Waals surface area contributed by atoms with Gasteiger partial charge in [0.05, 0.1) is 6.61 Å². The first kappa shape index (κ1) is 20.5. The van der Waals surface area contributed by atoms with E-state index in [1.807, 2.05) is 37.3 Å². The molecule has 0 aliphatic rings. The van der Waals surface area contributed by atoms with Crippen LogP contribution in [0, 0.1) is 0 Å².